The van der Waals surface area contributed by atoms with Crippen LogP contribution < -0.4 is 5.32 Å². The first-order chi connectivity index (χ1) is 14.0. The van der Waals surface area contributed by atoms with Gasteiger partial charge in [-0.15, -0.1) is 10.2 Å². The van der Waals surface area contributed by atoms with E-state index in [9.17, 15) is 9.59 Å². The summed E-state index contributed by atoms with van der Waals surface area (Å²) in [4.78, 5) is 27.1. The summed E-state index contributed by atoms with van der Waals surface area (Å²) in [7, 11) is 0. The van der Waals surface area contributed by atoms with E-state index in [2.05, 4.69) is 29.4 Å². The Morgan fingerprint density at radius 2 is 1.97 bits per heavy atom. The smallest absolute Gasteiger partial charge is 0.254 e. The van der Waals surface area contributed by atoms with Gasteiger partial charge < -0.3 is 10.2 Å². The van der Waals surface area contributed by atoms with Crippen LogP contribution in [0.25, 0.3) is 0 Å². The van der Waals surface area contributed by atoms with Crippen molar-refractivity contribution in [1.29, 1.82) is 0 Å². The van der Waals surface area contributed by atoms with E-state index in [0.29, 0.717) is 23.5 Å². The Hall–Kier alpha value is -2.28. The maximum Gasteiger partial charge on any atom is 0.254 e. The number of anilines is 1. The van der Waals surface area contributed by atoms with Crippen molar-refractivity contribution < 1.29 is 9.59 Å². The normalized spacial score (nSPS) is 21.5. The first-order valence-electron chi connectivity index (χ1n) is 10.5. The van der Waals surface area contributed by atoms with Crippen molar-refractivity contribution in [1.82, 2.24) is 15.1 Å². The van der Waals surface area contributed by atoms with Crippen LogP contribution in [-0.2, 0) is 17.8 Å². The number of carbonyl (C=O) groups excluding carboxylic acids is 2. The number of aromatic nitrogens is 2. The van der Waals surface area contributed by atoms with Crippen LogP contribution in [0.3, 0.4) is 0 Å². The number of carbonyl (C=O) groups is 2. The first kappa shape index (κ1) is 20.0. The van der Waals surface area contributed by atoms with Crippen molar-refractivity contribution in [2.45, 2.75) is 52.5 Å². The number of fused-ring (bicyclic) bond motifs is 1. The molecule has 2 aromatic rings. The lowest BCUT2D eigenvalue weighted by molar-refractivity contribution is -0.121. The van der Waals surface area contributed by atoms with Crippen LogP contribution in [0.1, 0.15) is 60.5 Å². The second-order valence-corrected chi connectivity index (χ2v) is 9.71. The van der Waals surface area contributed by atoms with Gasteiger partial charge in [-0.25, -0.2) is 0 Å². The van der Waals surface area contributed by atoms with Crippen LogP contribution in [0.5, 0.6) is 0 Å². The number of nitrogens with zero attached hydrogens (tertiary/aromatic N) is 3. The molecule has 4 rings (SSSR count). The van der Waals surface area contributed by atoms with Gasteiger partial charge in [0.25, 0.3) is 5.91 Å². The third kappa shape index (κ3) is 4.66. The first-order valence-corrected chi connectivity index (χ1v) is 11.3. The Bertz CT molecular complexity index is 886. The maximum atomic E-state index is 12.6. The summed E-state index contributed by atoms with van der Waals surface area (Å²) in [5.74, 6) is 1.22. The lowest BCUT2D eigenvalue weighted by atomic mass is 9.81. The highest BCUT2D eigenvalue weighted by Crippen LogP contribution is 2.32. The number of benzene rings is 1. The standard InChI is InChI=1S/C22H28N4O2S/c1-14(2)11-19-24-25-22(29-19)23-20(27)16-9-7-15(8-10-16)12-26-13-17-5-3-4-6-18(17)21(26)28/h3-6,14-16H,7-13H2,1-2H3,(H,23,25,27). The fourth-order valence-electron chi connectivity index (χ4n) is 4.32. The van der Waals surface area contributed by atoms with Gasteiger partial charge in [-0.05, 0) is 49.1 Å². The number of rotatable bonds is 6. The Morgan fingerprint density at radius 1 is 1.21 bits per heavy atom. The lowest BCUT2D eigenvalue weighted by Gasteiger charge is -2.30. The molecule has 1 fully saturated rings. The number of nitrogens with one attached hydrogen (secondary N) is 1. The molecule has 1 N–H and O–H groups in total. The quantitative estimate of drug-likeness (QED) is 0.774. The second-order valence-electron chi connectivity index (χ2n) is 8.65. The van der Waals surface area contributed by atoms with Gasteiger partial charge in [0, 0.05) is 31.0 Å². The summed E-state index contributed by atoms with van der Waals surface area (Å²) in [6, 6.07) is 7.87. The Morgan fingerprint density at radius 3 is 2.69 bits per heavy atom. The molecule has 29 heavy (non-hydrogen) atoms. The summed E-state index contributed by atoms with van der Waals surface area (Å²) in [5, 5.41) is 12.8. The molecule has 2 heterocycles. The molecular weight excluding hydrogens is 384 g/mol. The van der Waals surface area contributed by atoms with Crippen molar-refractivity contribution in [2.75, 3.05) is 11.9 Å². The van der Waals surface area contributed by atoms with E-state index in [-0.39, 0.29) is 17.7 Å². The Balaban J connectivity index is 1.25. The highest BCUT2D eigenvalue weighted by Gasteiger charge is 2.32. The monoisotopic (exact) mass is 412 g/mol. The minimum absolute atomic E-state index is 0.0233. The van der Waals surface area contributed by atoms with Gasteiger partial charge in [0.15, 0.2) is 0 Å². The third-order valence-electron chi connectivity index (χ3n) is 5.87. The molecule has 6 nitrogen and oxygen atoms in total. The van der Waals surface area contributed by atoms with Gasteiger partial charge in [-0.3, -0.25) is 9.59 Å². The van der Waals surface area contributed by atoms with Gasteiger partial charge in [0.2, 0.25) is 11.0 Å². The van der Waals surface area contributed by atoms with E-state index >= 15 is 0 Å². The molecule has 1 aliphatic carbocycles. The molecule has 0 saturated heterocycles. The largest absolute Gasteiger partial charge is 0.334 e. The van der Waals surface area contributed by atoms with Crippen LogP contribution in [0.15, 0.2) is 24.3 Å². The topological polar surface area (TPSA) is 75.2 Å². The fourth-order valence-corrected chi connectivity index (χ4v) is 5.28. The SMILES string of the molecule is CC(C)Cc1nnc(NC(=O)C2CCC(CN3Cc4ccccc4C3=O)CC2)s1. The number of hydrogen-bond acceptors (Lipinski definition) is 5. The summed E-state index contributed by atoms with van der Waals surface area (Å²) < 4.78 is 0. The predicted octanol–water partition coefficient (Wildman–Crippen LogP) is 4.14. The average Bonchev–Trinajstić information content (AvgIpc) is 3.26. The molecule has 0 atom stereocenters. The van der Waals surface area contributed by atoms with E-state index in [0.717, 1.165) is 54.8 Å². The summed E-state index contributed by atoms with van der Waals surface area (Å²) >= 11 is 1.47. The molecule has 2 aliphatic rings. The minimum atomic E-state index is 0.0233. The zero-order chi connectivity index (χ0) is 20.4. The third-order valence-corrected chi connectivity index (χ3v) is 6.73. The summed E-state index contributed by atoms with van der Waals surface area (Å²) in [5.41, 5.74) is 1.97. The molecule has 0 bridgehead atoms. The number of amides is 2. The van der Waals surface area contributed by atoms with Crippen molar-refractivity contribution in [3.05, 3.63) is 40.4 Å². The van der Waals surface area contributed by atoms with Crippen LogP contribution >= 0.6 is 11.3 Å². The van der Waals surface area contributed by atoms with Crippen LogP contribution in [0.4, 0.5) is 5.13 Å². The van der Waals surface area contributed by atoms with E-state index in [4.69, 9.17) is 0 Å². The van der Waals surface area contributed by atoms with E-state index in [1.54, 1.807) is 0 Å². The van der Waals surface area contributed by atoms with E-state index < -0.39 is 0 Å². The molecule has 1 saturated carbocycles. The van der Waals surface area contributed by atoms with Crippen LogP contribution in [0.2, 0.25) is 0 Å². The molecule has 0 unspecified atom stereocenters. The van der Waals surface area contributed by atoms with Crippen LogP contribution in [0, 0.1) is 17.8 Å². The lowest BCUT2D eigenvalue weighted by Crippen LogP contribution is -2.34. The molecule has 1 aliphatic heterocycles. The summed E-state index contributed by atoms with van der Waals surface area (Å²) in [6.07, 6.45) is 4.57. The van der Waals surface area contributed by atoms with Crippen molar-refractivity contribution in [3.8, 4) is 0 Å². The van der Waals surface area contributed by atoms with Gasteiger partial charge in [0.1, 0.15) is 5.01 Å². The Kier molecular flexibility index (Phi) is 5.94. The van der Waals surface area contributed by atoms with E-state index in [1.807, 2.05) is 29.2 Å². The van der Waals surface area contributed by atoms with Crippen LogP contribution in [-0.4, -0.2) is 33.5 Å². The van der Waals surface area contributed by atoms with E-state index in [1.165, 1.54) is 11.3 Å². The minimum Gasteiger partial charge on any atom is -0.334 e. The van der Waals surface area contributed by atoms with Crippen molar-refractivity contribution >= 4 is 28.3 Å². The molecule has 1 aromatic heterocycles. The highest BCUT2D eigenvalue weighted by molar-refractivity contribution is 7.15. The van der Waals surface area contributed by atoms with Gasteiger partial charge in [-0.2, -0.15) is 0 Å². The van der Waals surface area contributed by atoms with Crippen molar-refractivity contribution in [2.24, 2.45) is 17.8 Å². The zero-order valence-corrected chi connectivity index (χ0v) is 17.9. The maximum absolute atomic E-state index is 12.6. The molecule has 7 heteroatoms. The molecule has 0 radical (unpaired) electrons. The predicted molar refractivity (Wildman–Crippen MR) is 114 cm³/mol. The molecule has 1 aromatic carbocycles. The van der Waals surface area contributed by atoms with Gasteiger partial charge in [-0.1, -0.05) is 43.4 Å². The zero-order valence-electron chi connectivity index (χ0n) is 17.1. The van der Waals surface area contributed by atoms with Crippen molar-refractivity contribution in [3.63, 3.8) is 0 Å². The number of hydrogen-bond donors (Lipinski definition) is 1. The highest BCUT2D eigenvalue weighted by atomic mass is 32.1. The Labute approximate surface area is 175 Å². The van der Waals surface area contributed by atoms with Gasteiger partial charge >= 0.3 is 0 Å². The second kappa shape index (κ2) is 8.61. The summed E-state index contributed by atoms with van der Waals surface area (Å²) in [6.45, 7) is 5.79. The average molecular weight is 413 g/mol. The molecule has 2 amide bonds. The molecule has 154 valence electrons. The van der Waals surface area contributed by atoms with Gasteiger partial charge in [0.05, 0.1) is 0 Å². The fraction of sp³-hybridized carbons (Fsp3) is 0.545. The molecular formula is C22H28N4O2S. The molecule has 0 spiro atoms.